The molecule has 3 heterocycles. The third kappa shape index (κ3) is 4.30. The van der Waals surface area contributed by atoms with Gasteiger partial charge in [0.2, 0.25) is 0 Å². The quantitative estimate of drug-likeness (QED) is 0.870. The van der Waals surface area contributed by atoms with E-state index in [2.05, 4.69) is 15.3 Å². The molecule has 1 unspecified atom stereocenters. The van der Waals surface area contributed by atoms with E-state index in [1.54, 1.807) is 6.20 Å². The van der Waals surface area contributed by atoms with Crippen molar-refractivity contribution in [2.75, 3.05) is 13.2 Å². The van der Waals surface area contributed by atoms with Crippen LogP contribution in [-0.4, -0.2) is 35.1 Å². The molecule has 1 saturated heterocycles. The SMILES string of the molecule is Cc1ccc(OCc2nc(C)c(C(=O)NCC3CCCO3)s2)cn1. The summed E-state index contributed by atoms with van der Waals surface area (Å²) < 4.78 is 11.2. The second-order valence-electron chi connectivity index (χ2n) is 5.79. The van der Waals surface area contributed by atoms with E-state index >= 15 is 0 Å². The fraction of sp³-hybridized carbons (Fsp3) is 0.471. The number of carbonyl (C=O) groups excluding carboxylic acids is 1. The standard InChI is InChI=1S/C17H21N3O3S/c1-11-5-6-14(8-18-11)23-10-15-20-12(2)16(24-15)17(21)19-9-13-4-3-7-22-13/h5-6,8,13H,3-4,7,9-10H2,1-2H3,(H,19,21). The lowest BCUT2D eigenvalue weighted by Gasteiger charge is -2.09. The fourth-order valence-electron chi connectivity index (χ4n) is 2.50. The summed E-state index contributed by atoms with van der Waals surface area (Å²) >= 11 is 1.36. The van der Waals surface area contributed by atoms with Gasteiger partial charge in [-0.15, -0.1) is 11.3 Å². The molecule has 1 aliphatic heterocycles. The van der Waals surface area contributed by atoms with Crippen molar-refractivity contribution in [3.8, 4) is 5.75 Å². The Bertz CT molecular complexity index is 694. The van der Waals surface area contributed by atoms with Crippen LogP contribution in [0.2, 0.25) is 0 Å². The summed E-state index contributed by atoms with van der Waals surface area (Å²) in [5.74, 6) is 0.599. The van der Waals surface area contributed by atoms with E-state index in [0.29, 0.717) is 23.8 Å². The van der Waals surface area contributed by atoms with Crippen LogP contribution in [0, 0.1) is 13.8 Å². The van der Waals surface area contributed by atoms with Gasteiger partial charge in [-0.1, -0.05) is 0 Å². The van der Waals surface area contributed by atoms with Gasteiger partial charge in [0.1, 0.15) is 22.2 Å². The van der Waals surface area contributed by atoms with Crippen LogP contribution in [0.3, 0.4) is 0 Å². The first kappa shape index (κ1) is 16.9. The van der Waals surface area contributed by atoms with Crippen LogP contribution in [0.5, 0.6) is 5.75 Å². The number of aryl methyl sites for hydroxylation is 2. The zero-order valence-electron chi connectivity index (χ0n) is 13.9. The van der Waals surface area contributed by atoms with Crippen molar-refractivity contribution in [2.45, 2.75) is 39.4 Å². The van der Waals surface area contributed by atoms with Gasteiger partial charge in [-0.05, 0) is 38.8 Å². The largest absolute Gasteiger partial charge is 0.485 e. The Balaban J connectivity index is 1.55. The molecule has 0 bridgehead atoms. The summed E-state index contributed by atoms with van der Waals surface area (Å²) in [6.07, 6.45) is 3.89. The Morgan fingerprint density at radius 3 is 3.04 bits per heavy atom. The highest BCUT2D eigenvalue weighted by atomic mass is 32.1. The lowest BCUT2D eigenvalue weighted by Crippen LogP contribution is -2.31. The second kappa shape index (κ2) is 7.72. The van der Waals surface area contributed by atoms with Crippen LogP contribution in [0.4, 0.5) is 0 Å². The highest BCUT2D eigenvalue weighted by molar-refractivity contribution is 7.13. The van der Waals surface area contributed by atoms with Gasteiger partial charge in [-0.25, -0.2) is 4.98 Å². The molecule has 0 saturated carbocycles. The Hall–Kier alpha value is -1.99. The smallest absolute Gasteiger partial charge is 0.263 e. The van der Waals surface area contributed by atoms with Gasteiger partial charge in [-0.3, -0.25) is 9.78 Å². The normalized spacial score (nSPS) is 17.0. The number of aromatic nitrogens is 2. The predicted octanol–water partition coefficient (Wildman–Crippen LogP) is 2.64. The molecule has 0 aliphatic carbocycles. The molecule has 7 heteroatoms. The van der Waals surface area contributed by atoms with E-state index in [4.69, 9.17) is 9.47 Å². The maximum Gasteiger partial charge on any atom is 0.263 e. The van der Waals surface area contributed by atoms with E-state index in [0.717, 1.165) is 35.8 Å². The zero-order valence-corrected chi connectivity index (χ0v) is 14.7. The van der Waals surface area contributed by atoms with Gasteiger partial charge >= 0.3 is 0 Å². The summed E-state index contributed by atoms with van der Waals surface area (Å²) in [7, 11) is 0. The van der Waals surface area contributed by atoms with Gasteiger partial charge in [0, 0.05) is 18.8 Å². The Morgan fingerprint density at radius 2 is 2.33 bits per heavy atom. The number of rotatable bonds is 6. The van der Waals surface area contributed by atoms with E-state index < -0.39 is 0 Å². The van der Waals surface area contributed by atoms with Crippen molar-refractivity contribution in [1.29, 1.82) is 0 Å². The second-order valence-corrected chi connectivity index (χ2v) is 6.87. The Morgan fingerprint density at radius 1 is 1.46 bits per heavy atom. The van der Waals surface area contributed by atoms with E-state index in [-0.39, 0.29) is 12.0 Å². The fourth-order valence-corrected chi connectivity index (χ4v) is 3.40. The minimum Gasteiger partial charge on any atom is -0.485 e. The zero-order chi connectivity index (χ0) is 16.9. The Kier molecular flexibility index (Phi) is 5.42. The lowest BCUT2D eigenvalue weighted by molar-refractivity contribution is 0.0860. The average molecular weight is 347 g/mol. The molecule has 0 spiro atoms. The summed E-state index contributed by atoms with van der Waals surface area (Å²) in [5.41, 5.74) is 1.67. The molecule has 0 radical (unpaired) electrons. The van der Waals surface area contributed by atoms with Crippen molar-refractivity contribution < 1.29 is 14.3 Å². The first-order chi connectivity index (χ1) is 11.6. The molecule has 128 valence electrons. The molecule has 24 heavy (non-hydrogen) atoms. The molecule has 1 amide bonds. The molecular formula is C17H21N3O3S. The molecule has 3 rings (SSSR count). The first-order valence-electron chi connectivity index (χ1n) is 8.03. The first-order valence-corrected chi connectivity index (χ1v) is 8.85. The number of nitrogens with one attached hydrogen (secondary N) is 1. The number of hydrogen-bond donors (Lipinski definition) is 1. The van der Waals surface area contributed by atoms with Crippen molar-refractivity contribution >= 4 is 17.2 Å². The average Bonchev–Trinajstić information content (AvgIpc) is 3.22. The number of carbonyl (C=O) groups is 1. The van der Waals surface area contributed by atoms with Crippen LogP contribution in [-0.2, 0) is 11.3 Å². The number of amides is 1. The van der Waals surface area contributed by atoms with Gasteiger partial charge < -0.3 is 14.8 Å². The molecule has 6 nitrogen and oxygen atoms in total. The number of nitrogens with zero attached hydrogens (tertiary/aromatic N) is 2. The number of pyridine rings is 1. The molecule has 2 aromatic rings. The monoisotopic (exact) mass is 347 g/mol. The summed E-state index contributed by atoms with van der Waals surface area (Å²) in [5, 5.41) is 3.70. The molecule has 1 atom stereocenters. The van der Waals surface area contributed by atoms with Crippen LogP contribution >= 0.6 is 11.3 Å². The van der Waals surface area contributed by atoms with E-state index in [1.165, 1.54) is 11.3 Å². The molecular weight excluding hydrogens is 326 g/mol. The molecule has 0 aromatic carbocycles. The number of hydrogen-bond acceptors (Lipinski definition) is 6. The minimum atomic E-state index is -0.0937. The highest BCUT2D eigenvalue weighted by Gasteiger charge is 2.19. The third-order valence-corrected chi connectivity index (χ3v) is 4.94. The lowest BCUT2D eigenvalue weighted by atomic mass is 10.2. The third-order valence-electron chi connectivity index (χ3n) is 3.81. The number of ether oxygens (including phenoxy) is 2. The van der Waals surface area contributed by atoms with Crippen LogP contribution in [0.15, 0.2) is 18.3 Å². The summed E-state index contributed by atoms with van der Waals surface area (Å²) in [6.45, 7) is 5.44. The summed E-state index contributed by atoms with van der Waals surface area (Å²) in [6, 6.07) is 3.77. The van der Waals surface area contributed by atoms with Gasteiger partial charge in [0.25, 0.3) is 5.91 Å². The van der Waals surface area contributed by atoms with Crippen molar-refractivity contribution in [3.05, 3.63) is 39.6 Å². The van der Waals surface area contributed by atoms with Gasteiger partial charge in [0.05, 0.1) is 18.0 Å². The van der Waals surface area contributed by atoms with Crippen molar-refractivity contribution in [3.63, 3.8) is 0 Å². The topological polar surface area (TPSA) is 73.3 Å². The van der Waals surface area contributed by atoms with E-state index in [1.807, 2.05) is 26.0 Å². The van der Waals surface area contributed by atoms with Crippen molar-refractivity contribution in [2.24, 2.45) is 0 Å². The van der Waals surface area contributed by atoms with Crippen LogP contribution in [0.1, 0.15) is 38.9 Å². The number of thiazole rings is 1. The minimum absolute atomic E-state index is 0.0937. The van der Waals surface area contributed by atoms with E-state index in [9.17, 15) is 4.79 Å². The molecule has 2 aromatic heterocycles. The van der Waals surface area contributed by atoms with Crippen molar-refractivity contribution in [1.82, 2.24) is 15.3 Å². The van der Waals surface area contributed by atoms with Gasteiger partial charge in [-0.2, -0.15) is 0 Å². The van der Waals surface area contributed by atoms with Crippen LogP contribution < -0.4 is 10.1 Å². The molecule has 1 aliphatic rings. The van der Waals surface area contributed by atoms with Gasteiger partial charge in [0.15, 0.2) is 0 Å². The Labute approximate surface area is 145 Å². The van der Waals surface area contributed by atoms with Crippen LogP contribution in [0.25, 0.3) is 0 Å². The molecule has 1 fully saturated rings. The summed E-state index contributed by atoms with van der Waals surface area (Å²) in [4.78, 5) is 21.5. The molecule has 1 N–H and O–H groups in total. The predicted molar refractivity (Wildman–Crippen MR) is 91.5 cm³/mol. The maximum absolute atomic E-state index is 12.3. The maximum atomic E-state index is 12.3. The highest BCUT2D eigenvalue weighted by Crippen LogP contribution is 2.20.